The van der Waals surface area contributed by atoms with E-state index in [1.54, 1.807) is 4.90 Å². The molecule has 2 N–H and O–H groups in total. The molecular weight excluding hydrogens is 412 g/mol. The lowest BCUT2D eigenvalue weighted by atomic mass is 9.80. The van der Waals surface area contributed by atoms with Gasteiger partial charge in [0.25, 0.3) is 5.91 Å². The van der Waals surface area contributed by atoms with Crippen LogP contribution in [0.1, 0.15) is 50.4 Å². The van der Waals surface area contributed by atoms with Gasteiger partial charge in [0.15, 0.2) is 5.54 Å². The van der Waals surface area contributed by atoms with E-state index in [9.17, 15) is 9.59 Å². The number of para-hydroxylation sites is 2. The highest BCUT2D eigenvalue weighted by molar-refractivity contribution is 6.12. The maximum absolute atomic E-state index is 14.5. The Hall–Kier alpha value is -3.28. The lowest BCUT2D eigenvalue weighted by Gasteiger charge is -2.43. The van der Waals surface area contributed by atoms with E-state index < -0.39 is 5.54 Å². The minimum atomic E-state index is -1.18. The van der Waals surface area contributed by atoms with Crippen LogP contribution in [0.2, 0.25) is 0 Å². The maximum atomic E-state index is 14.5. The van der Waals surface area contributed by atoms with Crippen molar-refractivity contribution in [1.82, 2.24) is 15.2 Å². The summed E-state index contributed by atoms with van der Waals surface area (Å²) in [5.41, 5.74) is 3.59. The number of nitrogens with zero attached hydrogens (tertiary/aromatic N) is 2. The number of anilines is 1. The summed E-state index contributed by atoms with van der Waals surface area (Å²) in [7, 11) is 0. The van der Waals surface area contributed by atoms with Crippen molar-refractivity contribution >= 4 is 28.5 Å². The Morgan fingerprint density at radius 1 is 1.15 bits per heavy atom. The van der Waals surface area contributed by atoms with Crippen molar-refractivity contribution in [3.05, 3.63) is 65.4 Å². The summed E-state index contributed by atoms with van der Waals surface area (Å²) in [6.07, 6.45) is 2.45. The van der Waals surface area contributed by atoms with Gasteiger partial charge >= 0.3 is 6.03 Å². The number of fused-ring (bicyclic) bond motifs is 6. The predicted molar refractivity (Wildman–Crippen MR) is 131 cm³/mol. The van der Waals surface area contributed by atoms with Crippen molar-refractivity contribution in [2.24, 2.45) is 5.92 Å². The predicted octanol–water partition coefficient (Wildman–Crippen LogP) is 4.78. The van der Waals surface area contributed by atoms with E-state index in [1.165, 1.54) is 0 Å². The number of H-pyrrole nitrogens is 1. The number of aromatic nitrogens is 1. The van der Waals surface area contributed by atoms with E-state index >= 15 is 0 Å². The summed E-state index contributed by atoms with van der Waals surface area (Å²) >= 11 is 0. The molecule has 0 saturated heterocycles. The monoisotopic (exact) mass is 444 g/mol. The van der Waals surface area contributed by atoms with Gasteiger partial charge in [-0.05, 0) is 42.9 Å². The standard InChI is InChI=1S/C27H32N4O2/c1-4-15-28-26(33)31-17-14-20-19-9-5-7-11-22(19)29-24(20)27(31)21-10-6-8-12-23(21)30(25(27)32)16-13-18(2)3/h5-12,18,29H,4,13-17H2,1-3H3,(H,28,33). The second-order valence-electron chi connectivity index (χ2n) is 9.52. The number of benzene rings is 2. The van der Waals surface area contributed by atoms with Crippen molar-refractivity contribution in [3.8, 4) is 0 Å². The van der Waals surface area contributed by atoms with Crippen LogP contribution >= 0.6 is 0 Å². The van der Waals surface area contributed by atoms with Crippen molar-refractivity contribution in [2.75, 3.05) is 24.5 Å². The zero-order chi connectivity index (χ0) is 23.2. The van der Waals surface area contributed by atoms with Crippen molar-refractivity contribution in [1.29, 1.82) is 0 Å². The third kappa shape index (κ3) is 3.15. The highest BCUT2D eigenvalue weighted by Crippen LogP contribution is 2.52. The average molecular weight is 445 g/mol. The molecule has 2 aliphatic rings. The molecule has 0 saturated carbocycles. The normalized spacial score (nSPS) is 19.5. The summed E-state index contributed by atoms with van der Waals surface area (Å²) < 4.78 is 0. The Morgan fingerprint density at radius 3 is 2.70 bits per heavy atom. The largest absolute Gasteiger partial charge is 0.355 e. The topological polar surface area (TPSA) is 68.4 Å². The number of rotatable bonds is 5. The minimum Gasteiger partial charge on any atom is -0.355 e. The minimum absolute atomic E-state index is 0.0384. The molecule has 1 aromatic heterocycles. The molecule has 0 fully saturated rings. The summed E-state index contributed by atoms with van der Waals surface area (Å²) in [5.74, 6) is 0.434. The molecule has 0 radical (unpaired) electrons. The number of carbonyl (C=O) groups excluding carboxylic acids is 2. The molecular formula is C27H32N4O2. The van der Waals surface area contributed by atoms with Gasteiger partial charge < -0.3 is 20.1 Å². The fourth-order valence-corrected chi connectivity index (χ4v) is 5.42. The van der Waals surface area contributed by atoms with E-state index in [4.69, 9.17) is 0 Å². The van der Waals surface area contributed by atoms with Crippen LogP contribution in [-0.4, -0.2) is 41.5 Å². The Bertz CT molecular complexity index is 1210. The van der Waals surface area contributed by atoms with Crippen LogP contribution in [0.4, 0.5) is 10.5 Å². The van der Waals surface area contributed by atoms with Gasteiger partial charge in [-0.1, -0.05) is 57.2 Å². The number of hydrogen-bond donors (Lipinski definition) is 2. The Labute approximate surface area is 195 Å². The van der Waals surface area contributed by atoms with Gasteiger partial charge in [-0.3, -0.25) is 4.79 Å². The number of aromatic amines is 1. The van der Waals surface area contributed by atoms with Gasteiger partial charge in [0.1, 0.15) is 0 Å². The van der Waals surface area contributed by atoms with Crippen LogP contribution in [0.25, 0.3) is 10.9 Å². The van der Waals surface area contributed by atoms with Gasteiger partial charge in [0.2, 0.25) is 0 Å². The van der Waals surface area contributed by atoms with Crippen LogP contribution in [0, 0.1) is 5.92 Å². The fraction of sp³-hybridized carbons (Fsp3) is 0.407. The highest BCUT2D eigenvalue weighted by atomic mass is 16.2. The van der Waals surface area contributed by atoms with E-state index in [2.05, 4.69) is 30.2 Å². The van der Waals surface area contributed by atoms with Crippen molar-refractivity contribution in [3.63, 3.8) is 0 Å². The summed E-state index contributed by atoms with van der Waals surface area (Å²) in [6.45, 7) is 8.08. The first-order chi connectivity index (χ1) is 16.0. The summed E-state index contributed by atoms with van der Waals surface area (Å²) in [6, 6.07) is 16.0. The average Bonchev–Trinajstić information content (AvgIpc) is 3.31. The molecule has 2 aromatic carbocycles. The van der Waals surface area contributed by atoms with Gasteiger partial charge in [-0.15, -0.1) is 0 Å². The summed E-state index contributed by atoms with van der Waals surface area (Å²) in [4.78, 5) is 35.2. The van der Waals surface area contributed by atoms with Gasteiger partial charge in [0.05, 0.1) is 11.4 Å². The molecule has 1 unspecified atom stereocenters. The van der Waals surface area contributed by atoms with E-state index in [0.717, 1.165) is 46.3 Å². The molecule has 6 nitrogen and oxygen atoms in total. The number of hydrogen-bond acceptors (Lipinski definition) is 2. The third-order valence-electron chi connectivity index (χ3n) is 7.01. The molecule has 0 aliphatic carbocycles. The van der Waals surface area contributed by atoms with E-state index in [0.29, 0.717) is 32.0 Å². The zero-order valence-corrected chi connectivity index (χ0v) is 19.6. The first-order valence-electron chi connectivity index (χ1n) is 12.1. The number of carbonyl (C=O) groups is 2. The molecule has 2 aliphatic heterocycles. The first kappa shape index (κ1) is 21.6. The third-order valence-corrected chi connectivity index (χ3v) is 7.01. The van der Waals surface area contributed by atoms with E-state index in [1.807, 2.05) is 54.3 Å². The molecule has 6 heteroatoms. The van der Waals surface area contributed by atoms with Gasteiger partial charge in [0, 0.05) is 36.1 Å². The first-order valence-corrected chi connectivity index (χ1v) is 12.1. The second kappa shape index (κ2) is 8.25. The lowest BCUT2D eigenvalue weighted by molar-refractivity contribution is -0.126. The molecule has 1 atom stereocenters. The van der Waals surface area contributed by atoms with E-state index in [-0.39, 0.29) is 11.9 Å². The zero-order valence-electron chi connectivity index (χ0n) is 19.6. The van der Waals surface area contributed by atoms with Gasteiger partial charge in [-0.25, -0.2) is 4.79 Å². The second-order valence-corrected chi connectivity index (χ2v) is 9.52. The number of nitrogens with one attached hydrogen (secondary N) is 2. The fourth-order valence-electron chi connectivity index (χ4n) is 5.42. The van der Waals surface area contributed by atoms with Crippen LogP contribution in [0.15, 0.2) is 48.5 Å². The highest BCUT2D eigenvalue weighted by Gasteiger charge is 2.60. The molecule has 3 heterocycles. The van der Waals surface area contributed by atoms with Crippen LogP contribution in [-0.2, 0) is 16.8 Å². The molecule has 172 valence electrons. The molecule has 33 heavy (non-hydrogen) atoms. The van der Waals surface area contributed by atoms with Crippen LogP contribution in [0.5, 0.6) is 0 Å². The smallest absolute Gasteiger partial charge is 0.318 e. The Balaban J connectivity index is 1.75. The SMILES string of the molecule is CCCNC(=O)N1CCc2c([nH]c3ccccc23)C12C(=O)N(CCC(C)C)c1ccccc12. The van der Waals surface area contributed by atoms with Crippen LogP contribution in [0.3, 0.4) is 0 Å². The molecule has 3 aromatic rings. The molecule has 0 bridgehead atoms. The quantitative estimate of drug-likeness (QED) is 0.595. The molecule has 5 rings (SSSR count). The maximum Gasteiger partial charge on any atom is 0.318 e. The summed E-state index contributed by atoms with van der Waals surface area (Å²) in [5, 5.41) is 4.17. The molecule has 3 amide bonds. The van der Waals surface area contributed by atoms with Crippen molar-refractivity contribution in [2.45, 2.75) is 45.6 Å². The number of urea groups is 1. The Kier molecular flexibility index (Phi) is 5.39. The molecule has 1 spiro atoms. The van der Waals surface area contributed by atoms with Crippen molar-refractivity contribution < 1.29 is 9.59 Å². The van der Waals surface area contributed by atoms with Gasteiger partial charge in [-0.2, -0.15) is 0 Å². The number of amides is 3. The lowest BCUT2D eigenvalue weighted by Crippen LogP contribution is -2.61. The van der Waals surface area contributed by atoms with Crippen LogP contribution < -0.4 is 10.2 Å². The Morgan fingerprint density at radius 2 is 1.91 bits per heavy atom.